The van der Waals surface area contributed by atoms with Gasteiger partial charge >= 0.3 is 12.1 Å². The molecule has 0 saturated carbocycles. The van der Waals surface area contributed by atoms with Gasteiger partial charge < -0.3 is 24.0 Å². The summed E-state index contributed by atoms with van der Waals surface area (Å²) >= 11 is 0. The molecule has 3 aromatic rings. The van der Waals surface area contributed by atoms with Crippen LogP contribution in [0.15, 0.2) is 54.6 Å². The fraction of sp³-hybridized carbons (Fsp3) is 0.429. The van der Waals surface area contributed by atoms with Gasteiger partial charge in [0.15, 0.2) is 0 Å². The highest BCUT2D eigenvalue weighted by Crippen LogP contribution is 2.36. The molecule has 0 saturated heterocycles. The van der Waals surface area contributed by atoms with Crippen LogP contribution in [0, 0.1) is 6.92 Å². The average Bonchev–Trinajstić information content (AvgIpc) is 3.07. The lowest BCUT2D eigenvalue weighted by molar-refractivity contribution is -0.144. The number of benzene rings is 2. The molecule has 12 heteroatoms. The Balaban J connectivity index is 1.51. The number of nitrogens with one attached hydrogen (secondary N) is 1. The molecule has 1 aliphatic heterocycles. The number of likely N-dealkylation sites (N-methyl/N-ethyl adjacent to an activating group) is 1. The summed E-state index contributed by atoms with van der Waals surface area (Å²) < 4.78 is 16.3. The van der Waals surface area contributed by atoms with E-state index < -0.39 is 29.7 Å². The van der Waals surface area contributed by atoms with Crippen LogP contribution in [0.3, 0.4) is 0 Å². The minimum atomic E-state index is -0.923. The molecule has 2 heterocycles. The number of hydrogen-bond donors (Lipinski definition) is 1. The SMILES string of the molecule is CCOC(=O)CC(C)N1C(=O)c2cc(CCCOc3cc(C)nc(NC(=O)OC(C)(C)C)n3)ccc2N(C)C(=O)C1c1ccccc1. The minimum Gasteiger partial charge on any atom is -0.478 e. The fourth-order valence-corrected chi connectivity index (χ4v) is 5.35. The van der Waals surface area contributed by atoms with Gasteiger partial charge in [-0.05, 0) is 77.6 Å². The number of nitrogens with zero attached hydrogens (tertiary/aromatic N) is 4. The molecule has 0 fully saturated rings. The summed E-state index contributed by atoms with van der Waals surface area (Å²) in [6.07, 6.45) is 0.452. The second kappa shape index (κ2) is 15.1. The van der Waals surface area contributed by atoms with Gasteiger partial charge in [-0.15, -0.1) is 0 Å². The van der Waals surface area contributed by atoms with Crippen LogP contribution < -0.4 is 15.0 Å². The largest absolute Gasteiger partial charge is 0.478 e. The van der Waals surface area contributed by atoms with Gasteiger partial charge in [0.1, 0.15) is 11.6 Å². The molecule has 0 bridgehead atoms. The zero-order valence-corrected chi connectivity index (χ0v) is 28.0. The van der Waals surface area contributed by atoms with E-state index in [2.05, 4.69) is 15.3 Å². The molecule has 4 rings (SSSR count). The third-order valence-electron chi connectivity index (χ3n) is 7.39. The predicted octanol–water partition coefficient (Wildman–Crippen LogP) is 5.65. The van der Waals surface area contributed by atoms with E-state index in [1.807, 2.05) is 36.4 Å². The highest BCUT2D eigenvalue weighted by atomic mass is 16.6. The monoisotopic (exact) mass is 645 g/mol. The highest BCUT2D eigenvalue weighted by molar-refractivity contribution is 6.11. The van der Waals surface area contributed by atoms with Crippen molar-refractivity contribution in [3.63, 3.8) is 0 Å². The van der Waals surface area contributed by atoms with Crippen LogP contribution in [-0.4, -0.2) is 70.6 Å². The summed E-state index contributed by atoms with van der Waals surface area (Å²) in [5.41, 5.74) is 2.35. The van der Waals surface area contributed by atoms with Gasteiger partial charge in [0.25, 0.3) is 11.8 Å². The number of rotatable bonds is 11. The average molecular weight is 646 g/mol. The van der Waals surface area contributed by atoms with E-state index in [4.69, 9.17) is 14.2 Å². The lowest BCUT2D eigenvalue weighted by Crippen LogP contribution is -2.46. The third-order valence-corrected chi connectivity index (χ3v) is 7.39. The lowest BCUT2D eigenvalue weighted by Gasteiger charge is -2.34. The number of anilines is 2. The Morgan fingerprint density at radius 1 is 1.04 bits per heavy atom. The van der Waals surface area contributed by atoms with Crippen molar-refractivity contribution < 1.29 is 33.4 Å². The number of carbonyl (C=O) groups excluding carboxylic acids is 4. The Labute approximate surface area is 275 Å². The molecule has 0 aliphatic carbocycles. The summed E-state index contributed by atoms with van der Waals surface area (Å²) in [6, 6.07) is 14.7. The topological polar surface area (TPSA) is 140 Å². The number of hydrogen-bond acceptors (Lipinski definition) is 9. The Morgan fingerprint density at radius 3 is 2.45 bits per heavy atom. The van der Waals surface area contributed by atoms with Gasteiger partial charge in [-0.25, -0.2) is 9.78 Å². The summed E-state index contributed by atoms with van der Waals surface area (Å²) in [5, 5.41) is 2.53. The molecule has 2 aromatic carbocycles. The number of ether oxygens (including phenoxy) is 3. The quantitative estimate of drug-likeness (QED) is 0.207. The Bertz CT molecular complexity index is 1610. The molecule has 47 heavy (non-hydrogen) atoms. The fourth-order valence-electron chi connectivity index (χ4n) is 5.35. The molecule has 1 N–H and O–H groups in total. The van der Waals surface area contributed by atoms with Gasteiger partial charge in [0.2, 0.25) is 11.8 Å². The molecule has 0 spiro atoms. The summed E-state index contributed by atoms with van der Waals surface area (Å²) in [6.45, 7) is 11.1. The first-order valence-electron chi connectivity index (χ1n) is 15.7. The molecule has 2 atom stereocenters. The molecular formula is C35H43N5O7. The Hall–Kier alpha value is -5.00. The van der Waals surface area contributed by atoms with E-state index in [1.54, 1.807) is 66.8 Å². The van der Waals surface area contributed by atoms with E-state index >= 15 is 0 Å². The van der Waals surface area contributed by atoms with Crippen molar-refractivity contribution in [2.24, 2.45) is 0 Å². The smallest absolute Gasteiger partial charge is 0.414 e. The van der Waals surface area contributed by atoms with E-state index in [1.165, 1.54) is 9.80 Å². The van der Waals surface area contributed by atoms with E-state index in [0.717, 1.165) is 5.56 Å². The Morgan fingerprint density at radius 2 is 1.77 bits per heavy atom. The first-order chi connectivity index (χ1) is 22.3. The van der Waals surface area contributed by atoms with Crippen LogP contribution in [0.2, 0.25) is 0 Å². The third kappa shape index (κ3) is 9.05. The summed E-state index contributed by atoms with van der Waals surface area (Å²) in [7, 11) is 1.66. The van der Waals surface area contributed by atoms with Gasteiger partial charge in [0, 0.05) is 24.8 Å². The van der Waals surface area contributed by atoms with Crippen molar-refractivity contribution in [2.45, 2.75) is 78.5 Å². The standard InChI is InChI=1S/C35H43N5O7/c1-8-45-29(41)20-23(3)40-30(25-14-10-9-11-15-25)32(43)39(7)27-17-16-24(21-26(27)31(40)42)13-12-18-46-28-19-22(2)36-33(37-28)38-34(44)47-35(4,5)6/h9-11,14-17,19,21,23,30H,8,12-13,18,20H2,1-7H3,(H,36,37,38,44). The van der Waals surface area contributed by atoms with Crippen LogP contribution >= 0.6 is 0 Å². The van der Waals surface area contributed by atoms with Gasteiger partial charge in [0.05, 0.1) is 30.9 Å². The van der Waals surface area contributed by atoms with Crippen LogP contribution in [0.5, 0.6) is 5.88 Å². The molecule has 3 amide bonds. The molecule has 250 valence electrons. The van der Waals surface area contributed by atoms with Crippen molar-refractivity contribution in [2.75, 3.05) is 30.5 Å². The van der Waals surface area contributed by atoms with Crippen molar-refractivity contribution in [1.82, 2.24) is 14.9 Å². The summed E-state index contributed by atoms with van der Waals surface area (Å²) in [5.74, 6) is -0.680. The summed E-state index contributed by atoms with van der Waals surface area (Å²) in [4.78, 5) is 64.3. The lowest BCUT2D eigenvalue weighted by atomic mass is 10.00. The molecule has 0 radical (unpaired) electrons. The molecular weight excluding hydrogens is 602 g/mol. The normalized spacial score (nSPS) is 15.4. The number of aryl methyl sites for hydroxylation is 2. The maximum atomic E-state index is 14.3. The zero-order valence-electron chi connectivity index (χ0n) is 28.0. The van der Waals surface area contributed by atoms with Crippen molar-refractivity contribution in [3.05, 3.63) is 77.0 Å². The van der Waals surface area contributed by atoms with E-state index in [9.17, 15) is 19.2 Å². The van der Waals surface area contributed by atoms with Crippen molar-refractivity contribution >= 4 is 35.5 Å². The van der Waals surface area contributed by atoms with Crippen LogP contribution in [-0.2, 0) is 25.5 Å². The zero-order chi connectivity index (χ0) is 34.3. The minimum absolute atomic E-state index is 0.0518. The second-order valence-corrected chi connectivity index (χ2v) is 12.4. The number of amides is 3. The Kier molecular flexibility index (Phi) is 11.2. The highest BCUT2D eigenvalue weighted by Gasteiger charge is 2.42. The molecule has 2 unspecified atom stereocenters. The van der Waals surface area contributed by atoms with Crippen LogP contribution in [0.4, 0.5) is 16.4 Å². The number of aromatic nitrogens is 2. The first-order valence-corrected chi connectivity index (χ1v) is 15.7. The number of fused-ring (bicyclic) bond motifs is 1. The van der Waals surface area contributed by atoms with Crippen molar-refractivity contribution in [3.8, 4) is 5.88 Å². The predicted molar refractivity (Wildman–Crippen MR) is 176 cm³/mol. The molecule has 12 nitrogen and oxygen atoms in total. The maximum Gasteiger partial charge on any atom is 0.414 e. The van der Waals surface area contributed by atoms with Gasteiger partial charge in [-0.2, -0.15) is 4.98 Å². The van der Waals surface area contributed by atoms with Crippen LogP contribution in [0.1, 0.15) is 80.7 Å². The second-order valence-electron chi connectivity index (χ2n) is 12.4. The van der Waals surface area contributed by atoms with E-state index in [-0.39, 0.29) is 30.8 Å². The van der Waals surface area contributed by atoms with Crippen LogP contribution in [0.25, 0.3) is 0 Å². The van der Waals surface area contributed by atoms with Crippen molar-refractivity contribution in [1.29, 1.82) is 0 Å². The van der Waals surface area contributed by atoms with Gasteiger partial charge in [-0.1, -0.05) is 36.4 Å². The maximum absolute atomic E-state index is 14.3. The van der Waals surface area contributed by atoms with E-state index in [0.29, 0.717) is 47.8 Å². The molecule has 1 aromatic heterocycles. The number of carbonyl (C=O) groups is 4. The van der Waals surface area contributed by atoms with Gasteiger partial charge in [-0.3, -0.25) is 19.7 Å². The molecule has 1 aliphatic rings. The first kappa shape index (κ1) is 34.9. The number of esters is 1.